The van der Waals surface area contributed by atoms with Gasteiger partial charge in [-0.3, -0.25) is 4.90 Å². The summed E-state index contributed by atoms with van der Waals surface area (Å²) >= 11 is 0. The van der Waals surface area contributed by atoms with Crippen LogP contribution >= 0.6 is 0 Å². The van der Waals surface area contributed by atoms with Crippen molar-refractivity contribution < 1.29 is 0 Å². The Bertz CT molecular complexity index is 904. The third-order valence-electron chi connectivity index (χ3n) is 7.06. The number of fused-ring (bicyclic) bond motifs is 1. The molecule has 0 amide bonds. The highest BCUT2D eigenvalue weighted by atomic mass is 15.1. The summed E-state index contributed by atoms with van der Waals surface area (Å²) in [5.74, 6) is 0.775. The first-order valence-electron chi connectivity index (χ1n) is 11.1. The predicted octanol–water partition coefficient (Wildman–Crippen LogP) is 5.34. The summed E-state index contributed by atoms with van der Waals surface area (Å²) in [7, 11) is 4.49. The van der Waals surface area contributed by atoms with Gasteiger partial charge in [0.15, 0.2) is 0 Å². The van der Waals surface area contributed by atoms with Gasteiger partial charge < -0.3 is 10.3 Å². The lowest BCUT2D eigenvalue weighted by Crippen LogP contribution is -2.45. The van der Waals surface area contributed by atoms with Crippen molar-refractivity contribution in [3.63, 3.8) is 0 Å². The highest BCUT2D eigenvalue weighted by molar-refractivity contribution is 5.83. The number of nitrogens with one attached hydrogen (secondary N) is 2. The Hall–Kier alpha value is -2.10. The zero-order chi connectivity index (χ0) is 20.3. The molecule has 1 atom stereocenters. The molecule has 2 N–H and O–H groups in total. The first kappa shape index (κ1) is 20.2. The fourth-order valence-corrected chi connectivity index (χ4v) is 5.17. The second-order valence-electron chi connectivity index (χ2n) is 9.11. The van der Waals surface area contributed by atoms with Crippen LogP contribution in [0.2, 0.25) is 0 Å². The van der Waals surface area contributed by atoms with Crippen LogP contribution in [0.1, 0.15) is 43.7 Å². The van der Waals surface area contributed by atoms with E-state index in [-0.39, 0.29) is 5.54 Å². The number of aromatic amines is 1. The van der Waals surface area contributed by atoms with E-state index in [1.165, 1.54) is 47.7 Å². The molecule has 1 aliphatic rings. The quantitative estimate of drug-likeness (QED) is 0.572. The molecule has 3 nitrogen and oxygen atoms in total. The minimum absolute atomic E-state index is 0.202. The number of para-hydroxylation sites is 1. The average Bonchev–Trinajstić information content (AvgIpc) is 3.16. The van der Waals surface area contributed by atoms with E-state index in [4.69, 9.17) is 0 Å². The molecule has 29 heavy (non-hydrogen) atoms. The Morgan fingerprint density at radius 2 is 1.72 bits per heavy atom. The largest absolute Gasteiger partial charge is 0.361 e. The Labute approximate surface area is 175 Å². The van der Waals surface area contributed by atoms with Gasteiger partial charge >= 0.3 is 0 Å². The van der Waals surface area contributed by atoms with Gasteiger partial charge in [-0.1, -0.05) is 48.5 Å². The summed E-state index contributed by atoms with van der Waals surface area (Å²) in [6, 6.07) is 20.2. The standard InChI is InChI=1S/C26H35N3/c1-20(17-22-19-28-25-12-8-7-11-24(22)25)27-18-21-13-15-26(16-14-21,29(2)3)23-9-5-4-6-10-23/h4-12,19-21,27-28H,13-18H2,1-3H3. The molecule has 0 bridgehead atoms. The van der Waals surface area contributed by atoms with Gasteiger partial charge in [-0.15, -0.1) is 0 Å². The number of aromatic nitrogens is 1. The lowest BCUT2D eigenvalue weighted by Gasteiger charge is -2.46. The second kappa shape index (κ2) is 8.73. The van der Waals surface area contributed by atoms with Crippen LogP contribution in [0.25, 0.3) is 10.9 Å². The summed E-state index contributed by atoms with van der Waals surface area (Å²) in [4.78, 5) is 5.85. The molecule has 3 heteroatoms. The summed E-state index contributed by atoms with van der Waals surface area (Å²) in [5.41, 5.74) is 4.33. The smallest absolute Gasteiger partial charge is 0.0456 e. The summed E-state index contributed by atoms with van der Waals surface area (Å²) < 4.78 is 0. The van der Waals surface area contributed by atoms with Crippen LogP contribution in [0, 0.1) is 5.92 Å². The predicted molar refractivity (Wildman–Crippen MR) is 123 cm³/mol. The van der Waals surface area contributed by atoms with Crippen molar-refractivity contribution in [3.05, 3.63) is 71.9 Å². The first-order valence-corrected chi connectivity index (χ1v) is 11.1. The van der Waals surface area contributed by atoms with E-state index in [1.54, 1.807) is 0 Å². The van der Waals surface area contributed by atoms with E-state index >= 15 is 0 Å². The van der Waals surface area contributed by atoms with Gasteiger partial charge in [0.1, 0.15) is 0 Å². The van der Waals surface area contributed by atoms with Crippen molar-refractivity contribution in [2.75, 3.05) is 20.6 Å². The molecule has 0 radical (unpaired) electrons. The normalized spacial score (nSPS) is 23.5. The zero-order valence-corrected chi connectivity index (χ0v) is 18.1. The van der Waals surface area contributed by atoms with E-state index in [1.807, 2.05) is 0 Å². The number of benzene rings is 2. The van der Waals surface area contributed by atoms with Gasteiger partial charge in [-0.05, 0) is 82.8 Å². The fourth-order valence-electron chi connectivity index (χ4n) is 5.17. The highest BCUT2D eigenvalue weighted by Crippen LogP contribution is 2.42. The maximum atomic E-state index is 3.82. The molecule has 4 rings (SSSR count). The maximum Gasteiger partial charge on any atom is 0.0456 e. The Morgan fingerprint density at radius 1 is 1.03 bits per heavy atom. The van der Waals surface area contributed by atoms with E-state index in [2.05, 4.69) is 97.0 Å². The van der Waals surface area contributed by atoms with E-state index < -0.39 is 0 Å². The lowest BCUT2D eigenvalue weighted by molar-refractivity contribution is 0.0765. The second-order valence-corrected chi connectivity index (χ2v) is 9.11. The van der Waals surface area contributed by atoms with Crippen molar-refractivity contribution in [2.45, 2.75) is 50.6 Å². The third kappa shape index (κ3) is 4.26. The van der Waals surface area contributed by atoms with Crippen LogP contribution in [-0.4, -0.2) is 36.6 Å². The Kier molecular flexibility index (Phi) is 6.07. The first-order chi connectivity index (χ1) is 14.1. The Balaban J connectivity index is 1.31. The van der Waals surface area contributed by atoms with Gasteiger partial charge in [-0.25, -0.2) is 0 Å². The molecule has 1 saturated carbocycles. The van der Waals surface area contributed by atoms with Crippen LogP contribution in [-0.2, 0) is 12.0 Å². The van der Waals surface area contributed by atoms with Crippen molar-refractivity contribution >= 4 is 10.9 Å². The zero-order valence-electron chi connectivity index (χ0n) is 18.1. The van der Waals surface area contributed by atoms with Gasteiger partial charge in [0.25, 0.3) is 0 Å². The molecule has 0 saturated heterocycles. The third-order valence-corrected chi connectivity index (χ3v) is 7.06. The number of hydrogen-bond acceptors (Lipinski definition) is 2. The van der Waals surface area contributed by atoms with Gasteiger partial charge in [0, 0.05) is 28.7 Å². The lowest BCUT2D eigenvalue weighted by atomic mass is 9.72. The van der Waals surface area contributed by atoms with Crippen LogP contribution < -0.4 is 5.32 Å². The highest BCUT2D eigenvalue weighted by Gasteiger charge is 2.38. The minimum Gasteiger partial charge on any atom is -0.361 e. The van der Waals surface area contributed by atoms with Crippen molar-refractivity contribution in [1.29, 1.82) is 0 Å². The molecule has 1 fully saturated rings. The monoisotopic (exact) mass is 389 g/mol. The molecule has 2 aromatic carbocycles. The summed E-state index contributed by atoms with van der Waals surface area (Å²) in [5, 5.41) is 5.18. The van der Waals surface area contributed by atoms with Crippen LogP contribution in [0.4, 0.5) is 0 Å². The number of hydrogen-bond donors (Lipinski definition) is 2. The van der Waals surface area contributed by atoms with Gasteiger partial charge in [0.05, 0.1) is 0 Å². The van der Waals surface area contributed by atoms with Gasteiger partial charge in [0.2, 0.25) is 0 Å². The molecular formula is C26H35N3. The summed E-state index contributed by atoms with van der Waals surface area (Å²) in [6.45, 7) is 3.44. The molecule has 0 spiro atoms. The van der Waals surface area contributed by atoms with Crippen LogP contribution in [0.3, 0.4) is 0 Å². The molecule has 1 heterocycles. The van der Waals surface area contributed by atoms with Crippen molar-refractivity contribution in [2.24, 2.45) is 5.92 Å². The molecule has 1 aliphatic carbocycles. The summed E-state index contributed by atoms with van der Waals surface area (Å²) in [6.07, 6.45) is 8.32. The van der Waals surface area contributed by atoms with E-state index in [0.717, 1.165) is 18.9 Å². The van der Waals surface area contributed by atoms with Crippen molar-refractivity contribution in [3.8, 4) is 0 Å². The topological polar surface area (TPSA) is 31.1 Å². The van der Waals surface area contributed by atoms with E-state index in [9.17, 15) is 0 Å². The van der Waals surface area contributed by atoms with Crippen molar-refractivity contribution in [1.82, 2.24) is 15.2 Å². The SMILES string of the molecule is CC(Cc1c[nH]c2ccccc12)NCC1CCC(c2ccccc2)(N(C)C)CC1. The average molecular weight is 390 g/mol. The van der Waals surface area contributed by atoms with Crippen LogP contribution in [0.15, 0.2) is 60.8 Å². The molecular weight excluding hydrogens is 354 g/mol. The molecule has 1 aromatic heterocycles. The number of rotatable bonds is 7. The number of nitrogens with zero attached hydrogens (tertiary/aromatic N) is 1. The molecule has 1 unspecified atom stereocenters. The molecule has 0 aliphatic heterocycles. The fraction of sp³-hybridized carbons (Fsp3) is 0.462. The Morgan fingerprint density at radius 3 is 2.45 bits per heavy atom. The van der Waals surface area contributed by atoms with Crippen LogP contribution in [0.5, 0.6) is 0 Å². The minimum atomic E-state index is 0.202. The molecule has 154 valence electrons. The maximum absolute atomic E-state index is 3.82. The number of H-pyrrole nitrogens is 1. The molecule has 3 aromatic rings. The van der Waals surface area contributed by atoms with E-state index in [0.29, 0.717) is 6.04 Å². The van der Waals surface area contributed by atoms with Gasteiger partial charge in [-0.2, -0.15) is 0 Å².